The molecule has 0 amide bonds. The zero-order valence-electron chi connectivity index (χ0n) is 10.2. The molecule has 0 spiro atoms. The minimum atomic E-state index is 0.607. The zero-order valence-corrected chi connectivity index (χ0v) is 10.2. The maximum absolute atomic E-state index is 4.26. The third-order valence-electron chi connectivity index (χ3n) is 2.07. The Hall–Kier alpha value is -0.900. The van der Waals surface area contributed by atoms with Crippen molar-refractivity contribution < 1.29 is 0 Å². The minimum Gasteiger partial charge on any atom is -0.310 e. The van der Waals surface area contributed by atoms with Crippen LogP contribution in [0.2, 0.25) is 0 Å². The smallest absolute Gasteiger partial charge is 0.140 e. The third kappa shape index (κ3) is 4.42. The molecule has 0 saturated heterocycles. The minimum absolute atomic E-state index is 0.607. The number of nitrogens with one attached hydrogen (secondary N) is 1. The molecule has 1 aromatic heterocycles. The van der Waals surface area contributed by atoms with Crippen LogP contribution in [0.15, 0.2) is 6.33 Å². The lowest BCUT2D eigenvalue weighted by molar-refractivity contribution is 0.451. The highest BCUT2D eigenvalue weighted by Gasteiger charge is 2.05. The molecule has 86 valence electrons. The first-order valence-electron chi connectivity index (χ1n) is 5.67. The van der Waals surface area contributed by atoms with Crippen molar-refractivity contribution >= 4 is 0 Å². The molecule has 0 fully saturated rings. The van der Waals surface area contributed by atoms with E-state index in [0.29, 0.717) is 11.8 Å². The average molecular weight is 210 g/mol. The van der Waals surface area contributed by atoms with E-state index in [1.54, 1.807) is 6.33 Å². The highest BCUT2D eigenvalue weighted by Crippen LogP contribution is 2.01. The van der Waals surface area contributed by atoms with E-state index in [1.807, 2.05) is 4.68 Å². The largest absolute Gasteiger partial charge is 0.310 e. The summed E-state index contributed by atoms with van der Waals surface area (Å²) < 4.78 is 1.98. The highest BCUT2D eigenvalue weighted by molar-refractivity contribution is 4.84. The fourth-order valence-electron chi connectivity index (χ4n) is 1.40. The van der Waals surface area contributed by atoms with E-state index < -0.39 is 0 Å². The molecule has 0 atom stereocenters. The molecule has 0 saturated carbocycles. The Labute approximate surface area is 92.1 Å². The van der Waals surface area contributed by atoms with Gasteiger partial charge in [-0.2, -0.15) is 5.10 Å². The van der Waals surface area contributed by atoms with Crippen LogP contribution in [0.3, 0.4) is 0 Å². The molecular formula is C11H22N4. The summed E-state index contributed by atoms with van der Waals surface area (Å²) in [5.74, 6) is 2.31. The SMILES string of the molecule is CC(C)CNCc1ncnn1CC(C)C. The molecule has 1 N–H and O–H groups in total. The van der Waals surface area contributed by atoms with Crippen molar-refractivity contribution in [2.75, 3.05) is 6.54 Å². The second-order valence-corrected chi connectivity index (χ2v) is 4.78. The summed E-state index contributed by atoms with van der Waals surface area (Å²) in [4.78, 5) is 4.26. The van der Waals surface area contributed by atoms with E-state index in [9.17, 15) is 0 Å². The quantitative estimate of drug-likeness (QED) is 0.777. The van der Waals surface area contributed by atoms with Gasteiger partial charge < -0.3 is 5.32 Å². The maximum atomic E-state index is 4.26. The van der Waals surface area contributed by atoms with Gasteiger partial charge in [-0.15, -0.1) is 0 Å². The van der Waals surface area contributed by atoms with Crippen molar-refractivity contribution in [3.05, 3.63) is 12.2 Å². The van der Waals surface area contributed by atoms with Crippen molar-refractivity contribution in [2.45, 2.75) is 40.8 Å². The van der Waals surface area contributed by atoms with Gasteiger partial charge in [0.05, 0.1) is 6.54 Å². The predicted octanol–water partition coefficient (Wildman–Crippen LogP) is 1.68. The molecule has 1 aromatic rings. The summed E-state index contributed by atoms with van der Waals surface area (Å²) in [6.45, 7) is 11.6. The normalized spacial score (nSPS) is 11.6. The fraction of sp³-hybridized carbons (Fsp3) is 0.818. The van der Waals surface area contributed by atoms with E-state index in [0.717, 1.165) is 25.5 Å². The van der Waals surface area contributed by atoms with Crippen molar-refractivity contribution in [3.63, 3.8) is 0 Å². The Kier molecular flexibility index (Phi) is 4.75. The Bertz CT molecular complexity index is 278. The second kappa shape index (κ2) is 5.85. The van der Waals surface area contributed by atoms with E-state index in [2.05, 4.69) is 43.1 Å². The van der Waals surface area contributed by atoms with Gasteiger partial charge in [0, 0.05) is 6.54 Å². The van der Waals surface area contributed by atoms with Gasteiger partial charge in [0.15, 0.2) is 0 Å². The van der Waals surface area contributed by atoms with E-state index in [4.69, 9.17) is 0 Å². The monoisotopic (exact) mass is 210 g/mol. The molecule has 0 aromatic carbocycles. The Morgan fingerprint density at radius 2 is 2.00 bits per heavy atom. The average Bonchev–Trinajstić information content (AvgIpc) is 2.51. The van der Waals surface area contributed by atoms with Crippen LogP contribution in [0.25, 0.3) is 0 Å². The number of hydrogen-bond acceptors (Lipinski definition) is 3. The molecule has 4 nitrogen and oxygen atoms in total. The van der Waals surface area contributed by atoms with Crippen LogP contribution >= 0.6 is 0 Å². The maximum Gasteiger partial charge on any atom is 0.140 e. The van der Waals surface area contributed by atoms with E-state index in [-0.39, 0.29) is 0 Å². The van der Waals surface area contributed by atoms with Gasteiger partial charge >= 0.3 is 0 Å². The van der Waals surface area contributed by atoms with E-state index in [1.165, 1.54) is 0 Å². The number of nitrogens with zero attached hydrogens (tertiary/aromatic N) is 3. The fourth-order valence-corrected chi connectivity index (χ4v) is 1.40. The zero-order chi connectivity index (χ0) is 11.3. The standard InChI is InChI=1S/C11H22N4/c1-9(2)5-12-6-11-13-8-14-15(11)7-10(3)4/h8-10,12H,5-7H2,1-4H3. The van der Waals surface area contributed by atoms with Crippen molar-refractivity contribution in [3.8, 4) is 0 Å². The lowest BCUT2D eigenvalue weighted by atomic mass is 10.2. The summed E-state index contributed by atoms with van der Waals surface area (Å²) in [5, 5.41) is 7.60. The predicted molar refractivity (Wildman–Crippen MR) is 61.4 cm³/mol. The molecule has 0 unspecified atom stereocenters. The first-order chi connectivity index (χ1) is 7.09. The van der Waals surface area contributed by atoms with Gasteiger partial charge in [-0.1, -0.05) is 27.7 Å². The van der Waals surface area contributed by atoms with Crippen LogP contribution in [-0.2, 0) is 13.1 Å². The van der Waals surface area contributed by atoms with Gasteiger partial charge in [-0.05, 0) is 18.4 Å². The summed E-state index contributed by atoms with van der Waals surface area (Å²) in [5.41, 5.74) is 0. The van der Waals surface area contributed by atoms with Crippen molar-refractivity contribution in [1.29, 1.82) is 0 Å². The molecule has 0 aliphatic carbocycles. The Morgan fingerprint density at radius 3 is 2.60 bits per heavy atom. The van der Waals surface area contributed by atoms with E-state index >= 15 is 0 Å². The third-order valence-corrected chi connectivity index (χ3v) is 2.07. The van der Waals surface area contributed by atoms with Crippen LogP contribution in [0.4, 0.5) is 0 Å². The topological polar surface area (TPSA) is 42.7 Å². The summed E-state index contributed by atoms with van der Waals surface area (Å²) in [7, 11) is 0. The molecule has 0 aliphatic rings. The Morgan fingerprint density at radius 1 is 1.27 bits per heavy atom. The lowest BCUT2D eigenvalue weighted by Crippen LogP contribution is -2.22. The molecule has 1 rings (SSSR count). The second-order valence-electron chi connectivity index (χ2n) is 4.78. The van der Waals surface area contributed by atoms with Gasteiger partial charge in [0.1, 0.15) is 12.2 Å². The first kappa shape index (κ1) is 12.2. The molecule has 0 radical (unpaired) electrons. The van der Waals surface area contributed by atoms with Crippen LogP contribution in [0, 0.1) is 11.8 Å². The van der Waals surface area contributed by atoms with Gasteiger partial charge in [0.25, 0.3) is 0 Å². The molecule has 15 heavy (non-hydrogen) atoms. The molecule has 4 heteroatoms. The van der Waals surface area contributed by atoms with Crippen molar-refractivity contribution in [2.24, 2.45) is 11.8 Å². The summed E-state index contributed by atoms with van der Waals surface area (Å²) in [6, 6.07) is 0. The summed E-state index contributed by atoms with van der Waals surface area (Å²) >= 11 is 0. The molecular weight excluding hydrogens is 188 g/mol. The number of hydrogen-bond donors (Lipinski definition) is 1. The van der Waals surface area contributed by atoms with Gasteiger partial charge in [0.2, 0.25) is 0 Å². The molecule has 0 aliphatic heterocycles. The van der Waals surface area contributed by atoms with Crippen LogP contribution in [-0.4, -0.2) is 21.3 Å². The van der Waals surface area contributed by atoms with Crippen LogP contribution in [0.1, 0.15) is 33.5 Å². The van der Waals surface area contributed by atoms with Gasteiger partial charge in [-0.3, -0.25) is 0 Å². The molecule has 0 bridgehead atoms. The van der Waals surface area contributed by atoms with Crippen molar-refractivity contribution in [1.82, 2.24) is 20.1 Å². The van der Waals surface area contributed by atoms with Crippen LogP contribution < -0.4 is 5.32 Å². The highest BCUT2D eigenvalue weighted by atomic mass is 15.3. The summed E-state index contributed by atoms with van der Waals surface area (Å²) in [6.07, 6.45) is 1.63. The number of rotatable bonds is 6. The van der Waals surface area contributed by atoms with Gasteiger partial charge in [-0.25, -0.2) is 9.67 Å². The van der Waals surface area contributed by atoms with Crippen LogP contribution in [0.5, 0.6) is 0 Å². The lowest BCUT2D eigenvalue weighted by Gasteiger charge is -2.10. The molecule has 1 heterocycles. The Balaban J connectivity index is 2.43. The number of aromatic nitrogens is 3. The first-order valence-corrected chi connectivity index (χ1v) is 5.67.